The molecule has 2 aromatic carbocycles. The van der Waals surface area contributed by atoms with E-state index in [0.717, 1.165) is 27.8 Å². The molecule has 0 atom stereocenters. The van der Waals surface area contributed by atoms with Gasteiger partial charge in [-0.25, -0.2) is 0 Å². The van der Waals surface area contributed by atoms with Crippen LogP contribution in [0.15, 0.2) is 48.5 Å². The van der Waals surface area contributed by atoms with E-state index in [-0.39, 0.29) is 12.1 Å². The molecule has 2 N–H and O–H groups in total. The summed E-state index contributed by atoms with van der Waals surface area (Å²) in [6.45, 7) is -0.286. The molecule has 0 saturated heterocycles. The monoisotopic (exact) mass is 448 g/mol. The largest absolute Gasteiger partial charge is 0.416 e. The van der Waals surface area contributed by atoms with Crippen molar-refractivity contribution in [3.8, 4) is 0 Å². The summed E-state index contributed by atoms with van der Waals surface area (Å²) < 4.78 is 38.3. The first-order valence-electron chi connectivity index (χ1n) is 6.76. The number of carbonyl (C=O) groups is 2. The summed E-state index contributed by atoms with van der Waals surface area (Å²) in [7, 11) is 0. The van der Waals surface area contributed by atoms with E-state index < -0.39 is 23.6 Å². The molecule has 0 saturated carbocycles. The number of amides is 2. The van der Waals surface area contributed by atoms with Gasteiger partial charge in [0.25, 0.3) is 5.91 Å². The highest BCUT2D eigenvalue weighted by atomic mass is 127. The van der Waals surface area contributed by atoms with Crippen LogP contribution in [0.2, 0.25) is 0 Å². The minimum atomic E-state index is -4.46. The summed E-state index contributed by atoms with van der Waals surface area (Å²) in [5.41, 5.74) is -0.198. The van der Waals surface area contributed by atoms with Crippen LogP contribution in [0.5, 0.6) is 0 Å². The molecule has 0 aliphatic carbocycles. The van der Waals surface area contributed by atoms with Crippen molar-refractivity contribution < 1.29 is 22.8 Å². The summed E-state index contributed by atoms with van der Waals surface area (Å²) in [4.78, 5) is 23.6. The molecule has 0 aromatic heterocycles. The molecule has 0 fully saturated rings. The Morgan fingerprint density at radius 1 is 1.04 bits per heavy atom. The molecule has 24 heavy (non-hydrogen) atoms. The van der Waals surface area contributed by atoms with Gasteiger partial charge in [-0.3, -0.25) is 9.59 Å². The fourth-order valence-electron chi connectivity index (χ4n) is 1.84. The van der Waals surface area contributed by atoms with Gasteiger partial charge in [-0.15, -0.1) is 0 Å². The summed E-state index contributed by atoms with van der Waals surface area (Å²) in [5.74, 6) is -1.06. The van der Waals surface area contributed by atoms with E-state index in [4.69, 9.17) is 0 Å². The van der Waals surface area contributed by atoms with Crippen LogP contribution in [0, 0.1) is 3.57 Å². The van der Waals surface area contributed by atoms with Gasteiger partial charge in [0.05, 0.1) is 12.1 Å². The fourth-order valence-corrected chi connectivity index (χ4v) is 2.39. The van der Waals surface area contributed by atoms with Crippen molar-refractivity contribution in [1.82, 2.24) is 5.32 Å². The summed E-state index contributed by atoms with van der Waals surface area (Å²) in [6, 6.07) is 10.9. The van der Waals surface area contributed by atoms with Crippen molar-refractivity contribution in [1.29, 1.82) is 0 Å². The molecule has 8 heteroatoms. The predicted octanol–water partition coefficient (Wildman–Crippen LogP) is 3.68. The van der Waals surface area contributed by atoms with E-state index in [1.807, 2.05) is 6.07 Å². The zero-order chi connectivity index (χ0) is 17.7. The number of alkyl halides is 3. The molecule has 0 radical (unpaired) electrons. The second-order valence-electron chi connectivity index (χ2n) is 4.82. The molecule has 0 aliphatic rings. The molecule has 0 spiro atoms. The van der Waals surface area contributed by atoms with Crippen LogP contribution in [0.1, 0.15) is 15.9 Å². The van der Waals surface area contributed by atoms with Gasteiger partial charge in [-0.2, -0.15) is 13.2 Å². The minimum absolute atomic E-state index is 0.0464. The summed E-state index contributed by atoms with van der Waals surface area (Å²) in [6.07, 6.45) is -4.46. The Hall–Kier alpha value is -2.10. The molecule has 2 aromatic rings. The highest BCUT2D eigenvalue weighted by molar-refractivity contribution is 14.1. The number of nitrogens with one attached hydrogen (secondary N) is 2. The standard InChI is InChI=1S/C16H12F3IN2O2/c17-16(18,19)11-6-4-10(5-7-11)15(24)21-9-14(23)22-13-3-1-2-12(20)8-13/h1-8H,9H2,(H,21,24)(H,22,23). The van der Waals surface area contributed by atoms with Crippen LogP contribution < -0.4 is 10.6 Å². The van der Waals surface area contributed by atoms with Crippen molar-refractivity contribution >= 4 is 40.1 Å². The molecule has 2 amide bonds. The van der Waals surface area contributed by atoms with Crippen LogP contribution in [-0.2, 0) is 11.0 Å². The Bertz CT molecular complexity index is 746. The highest BCUT2D eigenvalue weighted by Gasteiger charge is 2.30. The maximum absolute atomic E-state index is 12.5. The number of anilines is 1. The Balaban J connectivity index is 1.89. The van der Waals surface area contributed by atoms with Gasteiger partial charge >= 0.3 is 6.18 Å². The Morgan fingerprint density at radius 3 is 2.29 bits per heavy atom. The van der Waals surface area contributed by atoms with Crippen molar-refractivity contribution in [2.45, 2.75) is 6.18 Å². The maximum Gasteiger partial charge on any atom is 0.416 e. The quantitative estimate of drug-likeness (QED) is 0.702. The average molecular weight is 448 g/mol. The number of halogens is 4. The van der Waals surface area contributed by atoms with Gasteiger partial charge in [0, 0.05) is 14.8 Å². The Kier molecular flexibility index (Phi) is 5.81. The Labute approximate surface area is 149 Å². The highest BCUT2D eigenvalue weighted by Crippen LogP contribution is 2.29. The molecule has 126 valence electrons. The van der Waals surface area contributed by atoms with E-state index in [0.29, 0.717) is 5.69 Å². The third kappa shape index (κ3) is 5.22. The lowest BCUT2D eigenvalue weighted by Crippen LogP contribution is -2.32. The molecular weight excluding hydrogens is 436 g/mol. The zero-order valence-electron chi connectivity index (χ0n) is 12.2. The lowest BCUT2D eigenvalue weighted by atomic mass is 10.1. The van der Waals surface area contributed by atoms with Crippen LogP contribution in [0.3, 0.4) is 0 Å². The number of benzene rings is 2. The van der Waals surface area contributed by atoms with Gasteiger partial charge < -0.3 is 10.6 Å². The Morgan fingerprint density at radius 2 is 1.71 bits per heavy atom. The van der Waals surface area contributed by atoms with E-state index in [1.54, 1.807) is 18.2 Å². The predicted molar refractivity (Wildman–Crippen MR) is 91.6 cm³/mol. The number of carbonyl (C=O) groups excluding carboxylic acids is 2. The normalized spacial score (nSPS) is 11.0. The van der Waals surface area contributed by atoms with Crippen LogP contribution in [0.25, 0.3) is 0 Å². The molecule has 0 heterocycles. The van der Waals surface area contributed by atoms with E-state index >= 15 is 0 Å². The first kappa shape index (κ1) is 18.2. The second-order valence-corrected chi connectivity index (χ2v) is 6.06. The molecule has 2 rings (SSSR count). The van der Waals surface area contributed by atoms with Gasteiger partial charge in [0.15, 0.2) is 0 Å². The van der Waals surface area contributed by atoms with E-state index in [2.05, 4.69) is 33.2 Å². The van der Waals surface area contributed by atoms with Crippen LogP contribution in [0.4, 0.5) is 18.9 Å². The van der Waals surface area contributed by atoms with Gasteiger partial charge in [-0.1, -0.05) is 6.07 Å². The number of hydrogen-bond acceptors (Lipinski definition) is 2. The van der Waals surface area contributed by atoms with Crippen molar-refractivity contribution in [2.24, 2.45) is 0 Å². The first-order valence-corrected chi connectivity index (χ1v) is 7.84. The smallest absolute Gasteiger partial charge is 0.343 e. The molecule has 0 unspecified atom stereocenters. The summed E-state index contributed by atoms with van der Waals surface area (Å²) >= 11 is 2.10. The van der Waals surface area contributed by atoms with Crippen molar-refractivity contribution in [2.75, 3.05) is 11.9 Å². The first-order chi connectivity index (χ1) is 11.3. The molecular formula is C16H12F3IN2O2. The average Bonchev–Trinajstić information content (AvgIpc) is 2.52. The third-order valence-electron chi connectivity index (χ3n) is 2.99. The fraction of sp³-hybridized carbons (Fsp3) is 0.125. The second kappa shape index (κ2) is 7.65. The number of hydrogen-bond donors (Lipinski definition) is 2. The topological polar surface area (TPSA) is 58.2 Å². The van der Waals surface area contributed by atoms with Gasteiger partial charge in [-0.05, 0) is 65.1 Å². The zero-order valence-corrected chi connectivity index (χ0v) is 14.3. The number of rotatable bonds is 4. The van der Waals surface area contributed by atoms with Crippen LogP contribution >= 0.6 is 22.6 Å². The minimum Gasteiger partial charge on any atom is -0.343 e. The van der Waals surface area contributed by atoms with E-state index in [1.165, 1.54) is 0 Å². The van der Waals surface area contributed by atoms with Crippen molar-refractivity contribution in [3.05, 3.63) is 63.2 Å². The van der Waals surface area contributed by atoms with Crippen molar-refractivity contribution in [3.63, 3.8) is 0 Å². The van der Waals surface area contributed by atoms with Gasteiger partial charge in [0.1, 0.15) is 0 Å². The van der Waals surface area contributed by atoms with E-state index in [9.17, 15) is 22.8 Å². The lowest BCUT2D eigenvalue weighted by molar-refractivity contribution is -0.137. The lowest BCUT2D eigenvalue weighted by Gasteiger charge is -2.09. The SMILES string of the molecule is O=C(CNC(=O)c1ccc(C(F)(F)F)cc1)Nc1cccc(I)c1. The van der Waals surface area contributed by atoms with Crippen LogP contribution in [-0.4, -0.2) is 18.4 Å². The molecule has 0 bridgehead atoms. The molecule has 0 aliphatic heterocycles. The molecule has 4 nitrogen and oxygen atoms in total. The van der Waals surface area contributed by atoms with Gasteiger partial charge in [0.2, 0.25) is 5.91 Å². The maximum atomic E-state index is 12.5. The summed E-state index contributed by atoms with van der Waals surface area (Å²) in [5, 5.41) is 4.97. The third-order valence-corrected chi connectivity index (χ3v) is 3.66.